The lowest BCUT2D eigenvalue weighted by Gasteiger charge is -2.21. The molecule has 1 aromatic heterocycles. The number of aryl methyl sites for hydroxylation is 1. The van der Waals surface area contributed by atoms with Crippen molar-refractivity contribution in [1.29, 1.82) is 0 Å². The fraction of sp³-hybridized carbons (Fsp3) is 0.444. The summed E-state index contributed by atoms with van der Waals surface area (Å²) in [6.45, 7) is 4.66. The zero-order valence-electron chi connectivity index (χ0n) is 13.9. The van der Waals surface area contributed by atoms with Crippen molar-refractivity contribution in [2.75, 3.05) is 26.2 Å². The Labute approximate surface area is 141 Å². The van der Waals surface area contributed by atoms with Crippen LogP contribution in [0.5, 0.6) is 0 Å². The second-order valence-electron chi connectivity index (χ2n) is 6.25. The first-order chi connectivity index (χ1) is 11.6. The third kappa shape index (κ3) is 4.43. The Balaban J connectivity index is 1.58. The molecule has 3 rings (SSSR count). The van der Waals surface area contributed by atoms with E-state index in [1.165, 1.54) is 0 Å². The Kier molecular flexibility index (Phi) is 5.27. The van der Waals surface area contributed by atoms with E-state index in [2.05, 4.69) is 9.88 Å². The molecule has 128 valence electrons. The summed E-state index contributed by atoms with van der Waals surface area (Å²) in [6.07, 6.45) is 1.46. The van der Waals surface area contributed by atoms with E-state index in [1.807, 2.05) is 37.3 Å². The zero-order chi connectivity index (χ0) is 16.9. The van der Waals surface area contributed by atoms with Gasteiger partial charge in [-0.1, -0.05) is 30.3 Å². The van der Waals surface area contributed by atoms with Gasteiger partial charge in [0.15, 0.2) is 5.89 Å². The molecule has 24 heavy (non-hydrogen) atoms. The highest BCUT2D eigenvalue weighted by molar-refractivity contribution is 5.78. The summed E-state index contributed by atoms with van der Waals surface area (Å²) in [5.41, 5.74) is 1.85. The molecule has 1 aliphatic rings. The van der Waals surface area contributed by atoms with E-state index >= 15 is 0 Å². The van der Waals surface area contributed by atoms with E-state index in [1.54, 1.807) is 11.2 Å². The molecule has 1 aromatic carbocycles. The number of hydrogen-bond acceptors (Lipinski definition) is 5. The summed E-state index contributed by atoms with van der Waals surface area (Å²) in [4.78, 5) is 20.7. The highest BCUT2D eigenvalue weighted by Gasteiger charge is 2.24. The molecule has 0 radical (unpaired) electrons. The lowest BCUT2D eigenvalue weighted by atomic mass is 10.1. The molecule has 0 aliphatic carbocycles. The number of β-amino-alcohol motifs (C(OH)–C–C–N with tert-alkyl or cyclic N) is 1. The van der Waals surface area contributed by atoms with Crippen molar-refractivity contribution >= 4 is 5.91 Å². The second kappa shape index (κ2) is 7.59. The Morgan fingerprint density at radius 2 is 2.08 bits per heavy atom. The lowest BCUT2D eigenvalue weighted by Crippen LogP contribution is -2.38. The number of benzene rings is 1. The summed E-state index contributed by atoms with van der Waals surface area (Å²) >= 11 is 0. The van der Waals surface area contributed by atoms with E-state index in [9.17, 15) is 9.90 Å². The molecule has 1 N–H and O–H groups in total. The molecular weight excluding hydrogens is 306 g/mol. The third-order valence-electron chi connectivity index (χ3n) is 4.19. The number of aliphatic hydroxyl groups is 1. The topological polar surface area (TPSA) is 69.8 Å². The van der Waals surface area contributed by atoms with Crippen molar-refractivity contribution in [3.8, 4) is 0 Å². The Bertz CT molecular complexity index is 671. The molecule has 2 aromatic rings. The van der Waals surface area contributed by atoms with Crippen LogP contribution < -0.4 is 0 Å². The van der Waals surface area contributed by atoms with Gasteiger partial charge in [0.1, 0.15) is 6.26 Å². The van der Waals surface area contributed by atoms with Gasteiger partial charge in [0.25, 0.3) is 0 Å². The maximum absolute atomic E-state index is 12.5. The van der Waals surface area contributed by atoms with Crippen LogP contribution >= 0.6 is 0 Å². The zero-order valence-corrected chi connectivity index (χ0v) is 13.9. The van der Waals surface area contributed by atoms with Gasteiger partial charge in [-0.15, -0.1) is 0 Å². The van der Waals surface area contributed by atoms with Gasteiger partial charge in [-0.2, -0.15) is 0 Å². The van der Waals surface area contributed by atoms with E-state index in [-0.39, 0.29) is 5.91 Å². The fourth-order valence-electron chi connectivity index (χ4n) is 3.02. The van der Waals surface area contributed by atoms with Crippen LogP contribution in [0.15, 0.2) is 41.0 Å². The van der Waals surface area contributed by atoms with Crippen LogP contribution in [0.25, 0.3) is 0 Å². The van der Waals surface area contributed by atoms with Gasteiger partial charge in [0.05, 0.1) is 18.2 Å². The molecule has 1 amide bonds. The molecule has 2 heterocycles. The lowest BCUT2D eigenvalue weighted by molar-refractivity contribution is -0.131. The van der Waals surface area contributed by atoms with Crippen LogP contribution in [-0.2, 0) is 17.8 Å². The van der Waals surface area contributed by atoms with E-state index in [0.29, 0.717) is 45.0 Å². The Morgan fingerprint density at radius 3 is 2.79 bits per heavy atom. The van der Waals surface area contributed by atoms with Crippen LogP contribution in [-0.4, -0.2) is 58.1 Å². The molecule has 6 nitrogen and oxygen atoms in total. The predicted octanol–water partition coefficient (Wildman–Crippen LogP) is 1.23. The van der Waals surface area contributed by atoms with Gasteiger partial charge < -0.3 is 14.4 Å². The number of hydrogen-bond donors (Lipinski definition) is 1. The molecule has 0 saturated carbocycles. The van der Waals surface area contributed by atoms with Crippen molar-refractivity contribution in [1.82, 2.24) is 14.8 Å². The number of rotatable bonds is 4. The monoisotopic (exact) mass is 329 g/mol. The van der Waals surface area contributed by atoms with Gasteiger partial charge in [0, 0.05) is 39.6 Å². The minimum atomic E-state index is -0.555. The molecule has 0 unspecified atom stereocenters. The highest BCUT2D eigenvalue weighted by atomic mass is 16.3. The maximum atomic E-state index is 12.5. The van der Waals surface area contributed by atoms with Crippen molar-refractivity contribution in [3.63, 3.8) is 0 Å². The summed E-state index contributed by atoms with van der Waals surface area (Å²) < 4.78 is 5.23. The summed E-state index contributed by atoms with van der Waals surface area (Å²) in [5, 5.41) is 10.2. The van der Waals surface area contributed by atoms with Gasteiger partial charge in [-0.05, 0) is 5.56 Å². The number of amides is 1. The molecule has 1 atom stereocenters. The molecule has 1 saturated heterocycles. The van der Waals surface area contributed by atoms with Gasteiger partial charge >= 0.3 is 0 Å². The third-order valence-corrected chi connectivity index (χ3v) is 4.19. The minimum Gasteiger partial charge on any atom is -0.449 e. The highest BCUT2D eigenvalue weighted by Crippen LogP contribution is 2.11. The van der Waals surface area contributed by atoms with Crippen LogP contribution in [0.1, 0.15) is 17.1 Å². The number of aromatic nitrogens is 1. The van der Waals surface area contributed by atoms with Crippen molar-refractivity contribution < 1.29 is 14.3 Å². The molecule has 0 spiro atoms. The molecule has 6 heteroatoms. The van der Waals surface area contributed by atoms with Gasteiger partial charge in [0.2, 0.25) is 5.91 Å². The Hall–Kier alpha value is -2.18. The first kappa shape index (κ1) is 16.7. The number of oxazole rings is 1. The van der Waals surface area contributed by atoms with Crippen LogP contribution in [0.3, 0.4) is 0 Å². The van der Waals surface area contributed by atoms with Crippen LogP contribution in [0.4, 0.5) is 0 Å². The minimum absolute atomic E-state index is 0.0550. The number of nitrogens with zero attached hydrogens (tertiary/aromatic N) is 3. The normalized spacial score (nSPS) is 19.2. The van der Waals surface area contributed by atoms with Crippen LogP contribution in [0.2, 0.25) is 0 Å². The van der Waals surface area contributed by atoms with Crippen molar-refractivity contribution in [2.24, 2.45) is 0 Å². The number of aliphatic hydroxyl groups excluding tert-OH is 1. The molecule has 1 aliphatic heterocycles. The van der Waals surface area contributed by atoms with E-state index in [4.69, 9.17) is 4.42 Å². The van der Waals surface area contributed by atoms with Crippen molar-refractivity contribution in [3.05, 3.63) is 53.7 Å². The first-order valence-electron chi connectivity index (χ1n) is 8.23. The smallest absolute Gasteiger partial charge is 0.227 e. The maximum Gasteiger partial charge on any atom is 0.227 e. The molecule has 0 bridgehead atoms. The van der Waals surface area contributed by atoms with E-state index < -0.39 is 6.10 Å². The number of carbonyl (C=O) groups is 1. The Morgan fingerprint density at radius 1 is 1.29 bits per heavy atom. The predicted molar refractivity (Wildman–Crippen MR) is 89.2 cm³/mol. The summed E-state index contributed by atoms with van der Waals surface area (Å²) in [7, 11) is 0. The largest absolute Gasteiger partial charge is 0.449 e. The quantitative estimate of drug-likeness (QED) is 0.914. The van der Waals surface area contributed by atoms with Crippen molar-refractivity contribution in [2.45, 2.75) is 26.0 Å². The average Bonchev–Trinajstić information content (AvgIpc) is 2.86. The second-order valence-corrected chi connectivity index (χ2v) is 6.25. The summed E-state index contributed by atoms with van der Waals surface area (Å²) in [5.74, 6) is 0.694. The SMILES string of the molecule is Cc1nc(CN2CCN(C(=O)Cc3ccccc3)C[C@@H](O)C2)co1. The van der Waals surface area contributed by atoms with Crippen LogP contribution in [0, 0.1) is 6.92 Å². The molecule has 1 fully saturated rings. The average molecular weight is 329 g/mol. The number of carbonyl (C=O) groups excluding carboxylic acids is 1. The van der Waals surface area contributed by atoms with Gasteiger partial charge in [-0.25, -0.2) is 4.98 Å². The van der Waals surface area contributed by atoms with Gasteiger partial charge in [-0.3, -0.25) is 9.69 Å². The summed E-state index contributed by atoms with van der Waals surface area (Å²) in [6, 6.07) is 9.70. The first-order valence-corrected chi connectivity index (χ1v) is 8.23. The standard InChI is InChI=1S/C18H23N3O3/c1-14-19-16(13-24-14)10-20-7-8-21(12-17(22)11-20)18(23)9-15-5-3-2-4-6-15/h2-6,13,17,22H,7-12H2,1H3/t17-/m0/s1. The van der Waals surface area contributed by atoms with E-state index in [0.717, 1.165) is 11.3 Å². The fourth-order valence-corrected chi connectivity index (χ4v) is 3.02. The molecular formula is C18H23N3O3.